The third-order valence-corrected chi connectivity index (χ3v) is 6.92. The van der Waals surface area contributed by atoms with Crippen molar-refractivity contribution in [1.82, 2.24) is 15.0 Å². The summed E-state index contributed by atoms with van der Waals surface area (Å²) in [7, 11) is -2.89. The minimum atomic E-state index is -4.10. The Bertz CT molecular complexity index is 1100. The number of nitrogens with one attached hydrogen (secondary N) is 2. The molecule has 1 amide bonds. The van der Waals surface area contributed by atoms with Crippen LogP contribution in [0.15, 0.2) is 58.9 Å². The molecule has 152 valence electrons. The summed E-state index contributed by atoms with van der Waals surface area (Å²) in [5.74, 6) is -1.32. The molecule has 2 N–H and O–H groups in total. The van der Waals surface area contributed by atoms with Gasteiger partial charge < -0.3 is 10.1 Å². The number of thiazole rings is 1. The fourth-order valence-electron chi connectivity index (χ4n) is 2.62. The number of amides is 1. The van der Waals surface area contributed by atoms with Crippen LogP contribution in [0.4, 0.5) is 0 Å². The van der Waals surface area contributed by atoms with Crippen molar-refractivity contribution in [2.75, 3.05) is 7.11 Å². The van der Waals surface area contributed by atoms with Crippen molar-refractivity contribution in [3.8, 4) is 0 Å². The number of ether oxygens (including phenoxy) is 1. The van der Waals surface area contributed by atoms with E-state index >= 15 is 0 Å². The van der Waals surface area contributed by atoms with Crippen LogP contribution in [0.1, 0.15) is 18.5 Å². The number of carbonyl (C=O) groups excluding carboxylic acids is 2. The smallest absolute Gasteiger partial charge is 0.328 e. The van der Waals surface area contributed by atoms with E-state index in [0.29, 0.717) is 15.8 Å². The van der Waals surface area contributed by atoms with Gasteiger partial charge in [-0.25, -0.2) is 18.2 Å². The summed E-state index contributed by atoms with van der Waals surface area (Å²) in [4.78, 5) is 28.6. The third-order valence-electron chi connectivity index (χ3n) is 4.09. The van der Waals surface area contributed by atoms with E-state index in [0.717, 1.165) is 11.3 Å². The zero-order valence-corrected chi connectivity index (χ0v) is 17.3. The minimum absolute atomic E-state index is 0.145. The van der Waals surface area contributed by atoms with Crippen molar-refractivity contribution in [2.24, 2.45) is 0 Å². The SMILES string of the molecule is COC(=O)C(C)NC(=O)C(NS(=O)(=O)c1nc2ccccc2s1)c1ccccc1. The van der Waals surface area contributed by atoms with Crippen LogP contribution in [0, 0.1) is 0 Å². The number of benzene rings is 2. The second-order valence-electron chi connectivity index (χ2n) is 6.17. The van der Waals surface area contributed by atoms with E-state index in [9.17, 15) is 18.0 Å². The summed E-state index contributed by atoms with van der Waals surface area (Å²) in [6.07, 6.45) is 0. The monoisotopic (exact) mass is 433 g/mol. The molecular formula is C19H19N3O5S2. The lowest BCUT2D eigenvalue weighted by atomic mass is 10.1. The van der Waals surface area contributed by atoms with Crippen molar-refractivity contribution in [3.63, 3.8) is 0 Å². The molecule has 0 radical (unpaired) electrons. The van der Waals surface area contributed by atoms with E-state index in [4.69, 9.17) is 0 Å². The van der Waals surface area contributed by atoms with Gasteiger partial charge in [0.05, 0.1) is 17.3 Å². The normalized spacial score (nSPS) is 13.6. The number of rotatable bonds is 7. The number of methoxy groups -OCH3 is 1. The second-order valence-corrected chi connectivity index (χ2v) is 9.08. The van der Waals surface area contributed by atoms with Crippen LogP contribution >= 0.6 is 11.3 Å². The minimum Gasteiger partial charge on any atom is -0.467 e. The Labute approximate surface area is 172 Å². The number of carbonyl (C=O) groups is 2. The van der Waals surface area contributed by atoms with Gasteiger partial charge in [-0.2, -0.15) is 4.72 Å². The van der Waals surface area contributed by atoms with Gasteiger partial charge in [-0.1, -0.05) is 42.5 Å². The highest BCUT2D eigenvalue weighted by molar-refractivity contribution is 7.91. The number of nitrogens with zero attached hydrogens (tertiary/aromatic N) is 1. The zero-order valence-electron chi connectivity index (χ0n) is 15.7. The lowest BCUT2D eigenvalue weighted by molar-refractivity contribution is -0.144. The Hall–Kier alpha value is -2.82. The number of esters is 1. The molecule has 1 aromatic heterocycles. The van der Waals surface area contributed by atoms with Gasteiger partial charge in [0.2, 0.25) is 10.2 Å². The number of fused-ring (bicyclic) bond motifs is 1. The molecule has 0 aliphatic heterocycles. The highest BCUT2D eigenvalue weighted by Crippen LogP contribution is 2.26. The maximum absolute atomic E-state index is 12.9. The molecular weight excluding hydrogens is 414 g/mol. The van der Waals surface area contributed by atoms with E-state index in [-0.39, 0.29) is 4.34 Å². The highest BCUT2D eigenvalue weighted by Gasteiger charge is 2.31. The van der Waals surface area contributed by atoms with Gasteiger partial charge in [-0.3, -0.25) is 4.79 Å². The molecule has 0 aliphatic carbocycles. The standard InChI is InChI=1S/C19H19N3O5S2/c1-12(18(24)27-2)20-17(23)16(13-8-4-3-5-9-13)22-29(25,26)19-21-14-10-6-7-11-15(14)28-19/h3-12,16,22H,1-2H3,(H,20,23). The summed E-state index contributed by atoms with van der Waals surface area (Å²) >= 11 is 1.01. The second kappa shape index (κ2) is 8.68. The summed E-state index contributed by atoms with van der Waals surface area (Å²) in [5.41, 5.74) is 0.977. The van der Waals surface area contributed by atoms with E-state index in [1.165, 1.54) is 14.0 Å². The molecule has 10 heteroatoms. The molecule has 0 fully saturated rings. The van der Waals surface area contributed by atoms with Crippen LogP contribution in [-0.4, -0.2) is 38.4 Å². The van der Waals surface area contributed by atoms with Gasteiger partial charge in [-0.15, -0.1) is 11.3 Å². The highest BCUT2D eigenvalue weighted by atomic mass is 32.2. The Morgan fingerprint density at radius 3 is 2.38 bits per heavy atom. The van der Waals surface area contributed by atoms with Crippen molar-refractivity contribution in [1.29, 1.82) is 0 Å². The van der Waals surface area contributed by atoms with Crippen LogP contribution < -0.4 is 10.0 Å². The average molecular weight is 434 g/mol. The van der Waals surface area contributed by atoms with Gasteiger partial charge in [0, 0.05) is 0 Å². The molecule has 0 saturated heterocycles. The summed E-state index contributed by atoms with van der Waals surface area (Å²) < 4.78 is 33.4. The summed E-state index contributed by atoms with van der Waals surface area (Å²) in [6, 6.07) is 13.2. The molecule has 2 atom stereocenters. The van der Waals surface area contributed by atoms with Crippen molar-refractivity contribution >= 4 is 43.5 Å². The zero-order chi connectivity index (χ0) is 21.0. The van der Waals surface area contributed by atoms with E-state index in [2.05, 4.69) is 19.8 Å². The van der Waals surface area contributed by atoms with Crippen LogP contribution in [0.25, 0.3) is 10.2 Å². The van der Waals surface area contributed by atoms with Gasteiger partial charge in [0.1, 0.15) is 12.1 Å². The predicted octanol–water partition coefficient (Wildman–Crippen LogP) is 1.99. The molecule has 0 saturated carbocycles. The first-order valence-electron chi connectivity index (χ1n) is 8.63. The van der Waals surface area contributed by atoms with Gasteiger partial charge in [0.25, 0.3) is 10.0 Å². The molecule has 1 heterocycles. The first kappa shape index (κ1) is 20.9. The molecule has 29 heavy (non-hydrogen) atoms. The Balaban J connectivity index is 1.91. The molecule has 3 rings (SSSR count). The van der Waals surface area contributed by atoms with Gasteiger partial charge >= 0.3 is 5.97 Å². The fraction of sp³-hybridized carbons (Fsp3) is 0.211. The number of para-hydroxylation sites is 1. The Kier molecular flexibility index (Phi) is 6.26. The number of hydrogen-bond acceptors (Lipinski definition) is 7. The lowest BCUT2D eigenvalue weighted by Gasteiger charge is -2.20. The quantitative estimate of drug-likeness (QED) is 0.551. The first-order valence-corrected chi connectivity index (χ1v) is 10.9. The summed E-state index contributed by atoms with van der Waals surface area (Å²) in [5, 5.41) is 2.47. The molecule has 2 unspecified atom stereocenters. The molecule has 0 spiro atoms. The lowest BCUT2D eigenvalue weighted by Crippen LogP contribution is -2.46. The Morgan fingerprint density at radius 1 is 1.07 bits per heavy atom. The van der Waals surface area contributed by atoms with Crippen molar-refractivity contribution < 1.29 is 22.7 Å². The molecule has 3 aromatic rings. The topological polar surface area (TPSA) is 114 Å². The maximum atomic E-state index is 12.9. The largest absolute Gasteiger partial charge is 0.467 e. The van der Waals surface area contributed by atoms with Crippen molar-refractivity contribution in [2.45, 2.75) is 23.3 Å². The van der Waals surface area contributed by atoms with Gasteiger partial charge in [0.15, 0.2) is 0 Å². The van der Waals surface area contributed by atoms with E-state index in [1.807, 2.05) is 0 Å². The van der Waals surface area contributed by atoms with Crippen LogP contribution in [0.3, 0.4) is 0 Å². The van der Waals surface area contributed by atoms with Crippen molar-refractivity contribution in [3.05, 3.63) is 60.2 Å². The van der Waals surface area contributed by atoms with Crippen LogP contribution in [0.2, 0.25) is 0 Å². The fourth-order valence-corrected chi connectivity index (χ4v) is 5.04. The molecule has 0 bridgehead atoms. The van der Waals surface area contributed by atoms with Gasteiger partial charge in [-0.05, 0) is 24.6 Å². The number of aromatic nitrogens is 1. The molecule has 8 nitrogen and oxygen atoms in total. The first-order chi connectivity index (χ1) is 13.8. The molecule has 2 aromatic carbocycles. The molecule has 0 aliphatic rings. The van der Waals surface area contributed by atoms with Crippen LogP contribution in [-0.2, 0) is 24.3 Å². The maximum Gasteiger partial charge on any atom is 0.328 e. The predicted molar refractivity (Wildman–Crippen MR) is 109 cm³/mol. The van der Waals surface area contributed by atoms with Crippen LogP contribution in [0.5, 0.6) is 0 Å². The third kappa shape index (κ3) is 4.78. The Morgan fingerprint density at radius 2 is 1.72 bits per heavy atom. The van der Waals surface area contributed by atoms with E-state index < -0.39 is 34.0 Å². The average Bonchev–Trinajstić information content (AvgIpc) is 3.17. The summed E-state index contributed by atoms with van der Waals surface area (Å²) in [6.45, 7) is 1.45. The van der Waals surface area contributed by atoms with E-state index in [1.54, 1.807) is 54.6 Å². The number of sulfonamides is 1. The number of hydrogen-bond donors (Lipinski definition) is 2.